The van der Waals surface area contributed by atoms with Crippen LogP contribution in [-0.2, 0) is 22.7 Å². The zero-order chi connectivity index (χ0) is 22.5. The molecule has 0 aliphatic carbocycles. The highest BCUT2D eigenvalue weighted by molar-refractivity contribution is 5.73. The van der Waals surface area contributed by atoms with Crippen molar-refractivity contribution in [2.45, 2.75) is 26.9 Å². The van der Waals surface area contributed by atoms with Gasteiger partial charge in [-0.1, -0.05) is 48.5 Å². The molecule has 6 nitrogen and oxygen atoms in total. The van der Waals surface area contributed by atoms with Crippen molar-refractivity contribution in [3.63, 3.8) is 0 Å². The Morgan fingerprint density at radius 3 is 1.16 bits per heavy atom. The lowest BCUT2D eigenvalue weighted by molar-refractivity contribution is -0.131. The number of carbonyl (C=O) groups is 2. The van der Waals surface area contributed by atoms with E-state index in [1.807, 2.05) is 9.80 Å². The van der Waals surface area contributed by atoms with Crippen LogP contribution in [0, 0.1) is 0 Å². The highest BCUT2D eigenvalue weighted by Gasteiger charge is 2.19. The first-order valence-corrected chi connectivity index (χ1v) is 11.6. The SMILES string of the molecule is CC(=O)N1CCN(Cc2ccc(-c3ccc(CN4CCN(C(C)=O)CC4)cc3)cc2)CC1. The minimum Gasteiger partial charge on any atom is -0.340 e. The molecule has 2 heterocycles. The van der Waals surface area contributed by atoms with E-state index in [0.29, 0.717) is 0 Å². The van der Waals surface area contributed by atoms with Crippen LogP contribution in [0.2, 0.25) is 0 Å². The lowest BCUT2D eigenvalue weighted by Gasteiger charge is -2.34. The first kappa shape index (κ1) is 22.5. The molecule has 2 saturated heterocycles. The van der Waals surface area contributed by atoms with Crippen molar-refractivity contribution in [1.29, 1.82) is 0 Å². The predicted octanol–water partition coefficient (Wildman–Crippen LogP) is 2.68. The molecule has 2 aliphatic heterocycles. The number of hydrogen-bond donors (Lipinski definition) is 0. The molecule has 0 atom stereocenters. The molecule has 0 saturated carbocycles. The van der Waals surface area contributed by atoms with E-state index in [9.17, 15) is 9.59 Å². The fourth-order valence-corrected chi connectivity index (χ4v) is 4.56. The van der Waals surface area contributed by atoms with Gasteiger partial charge in [-0.15, -0.1) is 0 Å². The highest BCUT2D eigenvalue weighted by atomic mass is 16.2. The second-order valence-electron chi connectivity index (χ2n) is 8.96. The van der Waals surface area contributed by atoms with Gasteiger partial charge >= 0.3 is 0 Å². The van der Waals surface area contributed by atoms with E-state index in [-0.39, 0.29) is 11.8 Å². The van der Waals surface area contributed by atoms with E-state index in [1.165, 1.54) is 22.3 Å². The predicted molar refractivity (Wildman–Crippen MR) is 127 cm³/mol. The van der Waals surface area contributed by atoms with Crippen molar-refractivity contribution in [1.82, 2.24) is 19.6 Å². The maximum Gasteiger partial charge on any atom is 0.219 e. The molecule has 2 fully saturated rings. The van der Waals surface area contributed by atoms with Crippen LogP contribution in [0.1, 0.15) is 25.0 Å². The van der Waals surface area contributed by atoms with Gasteiger partial charge in [0, 0.05) is 79.3 Å². The van der Waals surface area contributed by atoms with Crippen molar-refractivity contribution < 1.29 is 9.59 Å². The number of hydrogen-bond acceptors (Lipinski definition) is 4. The van der Waals surface area contributed by atoms with Crippen molar-refractivity contribution in [3.05, 3.63) is 59.7 Å². The maximum absolute atomic E-state index is 11.5. The molecule has 0 bridgehead atoms. The van der Waals surface area contributed by atoms with Gasteiger partial charge in [0.15, 0.2) is 0 Å². The van der Waals surface area contributed by atoms with Crippen LogP contribution in [0.15, 0.2) is 48.5 Å². The summed E-state index contributed by atoms with van der Waals surface area (Å²) in [6, 6.07) is 17.7. The summed E-state index contributed by atoms with van der Waals surface area (Å²) in [6.45, 7) is 12.2. The van der Waals surface area contributed by atoms with Crippen LogP contribution in [0.5, 0.6) is 0 Å². The number of rotatable bonds is 5. The molecule has 4 rings (SSSR count). The Morgan fingerprint density at radius 2 is 0.875 bits per heavy atom. The van der Waals surface area contributed by atoms with E-state index in [4.69, 9.17) is 0 Å². The van der Waals surface area contributed by atoms with Gasteiger partial charge in [-0.05, 0) is 22.3 Å². The van der Waals surface area contributed by atoms with Crippen LogP contribution in [-0.4, -0.2) is 83.8 Å². The van der Waals surface area contributed by atoms with E-state index in [2.05, 4.69) is 58.3 Å². The third-order valence-electron chi connectivity index (χ3n) is 6.69. The molecular weight excluding hydrogens is 400 g/mol. The molecule has 2 aromatic rings. The van der Waals surface area contributed by atoms with Gasteiger partial charge in [0.25, 0.3) is 0 Å². The minimum absolute atomic E-state index is 0.176. The first-order valence-electron chi connectivity index (χ1n) is 11.6. The fourth-order valence-electron chi connectivity index (χ4n) is 4.56. The Balaban J connectivity index is 1.28. The van der Waals surface area contributed by atoms with Gasteiger partial charge in [0.05, 0.1) is 0 Å². The Hall–Kier alpha value is -2.70. The minimum atomic E-state index is 0.176. The van der Waals surface area contributed by atoms with Gasteiger partial charge in [0.2, 0.25) is 11.8 Å². The molecule has 0 spiro atoms. The average Bonchev–Trinajstić information content (AvgIpc) is 2.81. The van der Waals surface area contributed by atoms with Crippen molar-refractivity contribution >= 4 is 11.8 Å². The molecule has 2 aromatic carbocycles. The van der Waals surface area contributed by atoms with Crippen molar-refractivity contribution in [2.75, 3.05) is 52.4 Å². The zero-order valence-corrected chi connectivity index (χ0v) is 19.3. The molecule has 32 heavy (non-hydrogen) atoms. The summed E-state index contributed by atoms with van der Waals surface area (Å²) in [4.78, 5) is 31.7. The summed E-state index contributed by atoms with van der Waals surface area (Å²) in [7, 11) is 0. The lowest BCUT2D eigenvalue weighted by Crippen LogP contribution is -2.47. The summed E-state index contributed by atoms with van der Waals surface area (Å²) in [5.74, 6) is 0.353. The quantitative estimate of drug-likeness (QED) is 0.726. The molecule has 6 heteroatoms. The maximum atomic E-state index is 11.5. The van der Waals surface area contributed by atoms with Crippen LogP contribution in [0.4, 0.5) is 0 Å². The van der Waals surface area contributed by atoms with Crippen molar-refractivity contribution in [3.8, 4) is 11.1 Å². The second-order valence-corrected chi connectivity index (χ2v) is 8.96. The van der Waals surface area contributed by atoms with E-state index in [0.717, 1.165) is 65.4 Å². The Bertz CT molecular complexity index is 832. The fraction of sp³-hybridized carbons (Fsp3) is 0.462. The summed E-state index contributed by atoms with van der Waals surface area (Å²) >= 11 is 0. The first-order chi connectivity index (χ1) is 15.5. The molecule has 0 N–H and O–H groups in total. The third kappa shape index (κ3) is 5.75. The highest BCUT2D eigenvalue weighted by Crippen LogP contribution is 2.22. The van der Waals surface area contributed by atoms with Gasteiger partial charge in [-0.2, -0.15) is 0 Å². The molecule has 0 radical (unpaired) electrons. The van der Waals surface area contributed by atoms with E-state index < -0.39 is 0 Å². The molecule has 2 amide bonds. The molecule has 0 unspecified atom stereocenters. The average molecular weight is 435 g/mol. The van der Waals surface area contributed by atoms with Crippen molar-refractivity contribution in [2.24, 2.45) is 0 Å². The van der Waals surface area contributed by atoms with Crippen LogP contribution in [0.3, 0.4) is 0 Å². The number of amides is 2. The van der Waals surface area contributed by atoms with Gasteiger partial charge in [0.1, 0.15) is 0 Å². The Morgan fingerprint density at radius 1 is 0.562 bits per heavy atom. The Labute approximate surface area is 191 Å². The number of carbonyl (C=O) groups excluding carboxylic acids is 2. The van der Waals surface area contributed by atoms with E-state index in [1.54, 1.807) is 13.8 Å². The normalized spacial score (nSPS) is 18.1. The van der Waals surface area contributed by atoms with Gasteiger partial charge in [-0.3, -0.25) is 19.4 Å². The van der Waals surface area contributed by atoms with Gasteiger partial charge in [-0.25, -0.2) is 0 Å². The second kappa shape index (κ2) is 10.3. The zero-order valence-electron chi connectivity index (χ0n) is 19.3. The van der Waals surface area contributed by atoms with Crippen LogP contribution < -0.4 is 0 Å². The summed E-state index contributed by atoms with van der Waals surface area (Å²) < 4.78 is 0. The number of benzene rings is 2. The topological polar surface area (TPSA) is 47.1 Å². The lowest BCUT2D eigenvalue weighted by atomic mass is 10.0. The summed E-state index contributed by atoms with van der Waals surface area (Å²) in [5.41, 5.74) is 5.09. The molecule has 2 aliphatic rings. The third-order valence-corrected chi connectivity index (χ3v) is 6.69. The van der Waals surface area contributed by atoms with E-state index >= 15 is 0 Å². The van der Waals surface area contributed by atoms with Crippen LogP contribution in [0.25, 0.3) is 11.1 Å². The largest absolute Gasteiger partial charge is 0.340 e. The Kier molecular flexibility index (Phi) is 7.22. The monoisotopic (exact) mass is 434 g/mol. The smallest absolute Gasteiger partial charge is 0.219 e. The summed E-state index contributed by atoms with van der Waals surface area (Å²) in [6.07, 6.45) is 0. The standard InChI is InChI=1S/C26H34N4O2/c1-21(31)29-15-11-27(12-16-29)19-23-3-7-25(8-4-23)26-9-5-24(6-10-26)20-28-13-17-30(18-14-28)22(2)32/h3-10H,11-20H2,1-2H3. The summed E-state index contributed by atoms with van der Waals surface area (Å²) in [5, 5.41) is 0. The molecular formula is C26H34N4O2. The number of nitrogens with zero attached hydrogens (tertiary/aromatic N) is 4. The number of piperazine rings is 2. The van der Waals surface area contributed by atoms with Gasteiger partial charge < -0.3 is 9.80 Å². The molecule has 170 valence electrons. The van der Waals surface area contributed by atoms with Crippen LogP contribution >= 0.6 is 0 Å². The molecule has 0 aromatic heterocycles.